The summed E-state index contributed by atoms with van der Waals surface area (Å²) >= 11 is 0. The van der Waals surface area contributed by atoms with Gasteiger partial charge in [-0.1, -0.05) is 0 Å². The highest BCUT2D eigenvalue weighted by molar-refractivity contribution is 6.39. The topological polar surface area (TPSA) is 105 Å². The van der Waals surface area contributed by atoms with Gasteiger partial charge in [0, 0.05) is 19.4 Å². The highest BCUT2D eigenvalue weighted by Gasteiger charge is 2.33. The molecule has 7 nitrogen and oxygen atoms in total. The third-order valence-electron chi connectivity index (χ3n) is 3.24. The molecule has 2 aliphatic rings. The van der Waals surface area contributed by atoms with E-state index >= 15 is 0 Å². The molecule has 1 fully saturated rings. The number of primary amides is 1. The van der Waals surface area contributed by atoms with Crippen molar-refractivity contribution in [1.82, 2.24) is 10.3 Å². The van der Waals surface area contributed by atoms with E-state index in [-0.39, 0.29) is 18.2 Å². The number of carbonyl (C=O) groups excluding carboxylic acids is 3. The maximum absolute atomic E-state index is 12.2. The summed E-state index contributed by atoms with van der Waals surface area (Å²) in [4.78, 5) is 36.0. The van der Waals surface area contributed by atoms with Crippen LogP contribution < -0.4 is 11.2 Å². The predicted octanol–water partition coefficient (Wildman–Crippen LogP) is -0.881. The second kappa shape index (κ2) is 5.16. The number of hydrogen-bond donors (Lipinski definition) is 2. The third-order valence-corrected chi connectivity index (χ3v) is 3.24. The van der Waals surface area contributed by atoms with Crippen LogP contribution >= 0.6 is 0 Å². The molecule has 0 bridgehead atoms. The molecule has 7 heteroatoms. The van der Waals surface area contributed by atoms with Gasteiger partial charge in [0.2, 0.25) is 11.8 Å². The van der Waals surface area contributed by atoms with Gasteiger partial charge in [0.25, 0.3) is 5.91 Å². The lowest BCUT2D eigenvalue weighted by Crippen LogP contribution is -2.53. The molecule has 2 rings (SSSR count). The van der Waals surface area contributed by atoms with Crippen LogP contribution in [-0.4, -0.2) is 40.9 Å². The molecule has 0 aromatic rings. The van der Waals surface area contributed by atoms with Crippen molar-refractivity contribution in [2.45, 2.75) is 38.1 Å². The van der Waals surface area contributed by atoms with Gasteiger partial charge in [0.05, 0.1) is 0 Å². The van der Waals surface area contributed by atoms with Crippen molar-refractivity contribution in [2.24, 2.45) is 10.8 Å². The average molecular weight is 252 g/mol. The van der Waals surface area contributed by atoms with E-state index in [2.05, 4.69) is 10.5 Å². The molecule has 0 radical (unpaired) electrons. The lowest BCUT2D eigenvalue weighted by molar-refractivity contribution is -0.136. The molecule has 3 amide bonds. The first-order valence-corrected chi connectivity index (χ1v) is 6.05. The largest absolute Gasteiger partial charge is 0.368 e. The van der Waals surface area contributed by atoms with Crippen LogP contribution in [0.2, 0.25) is 0 Å². The second-order valence-corrected chi connectivity index (χ2v) is 4.51. The van der Waals surface area contributed by atoms with E-state index in [1.807, 2.05) is 0 Å². The van der Waals surface area contributed by atoms with Crippen LogP contribution in [0.25, 0.3) is 0 Å². The molecule has 98 valence electrons. The number of rotatable bonds is 2. The summed E-state index contributed by atoms with van der Waals surface area (Å²) in [6, 6.07) is -0.549. The Morgan fingerprint density at radius 1 is 1.33 bits per heavy atom. The van der Waals surface area contributed by atoms with Crippen molar-refractivity contribution >= 4 is 23.4 Å². The molecular weight excluding hydrogens is 236 g/mol. The molecule has 1 saturated heterocycles. The minimum Gasteiger partial charge on any atom is -0.368 e. The summed E-state index contributed by atoms with van der Waals surface area (Å²) in [6.07, 6.45) is 2.91. The first kappa shape index (κ1) is 12.5. The van der Waals surface area contributed by atoms with Crippen LogP contribution in [-0.2, 0) is 14.4 Å². The number of nitrogens with one attached hydrogen (secondary N) is 1. The van der Waals surface area contributed by atoms with Gasteiger partial charge in [0.15, 0.2) is 0 Å². The van der Waals surface area contributed by atoms with Gasteiger partial charge in [-0.05, 0) is 19.3 Å². The minimum absolute atomic E-state index is 0.198. The number of nitrogens with two attached hydrogens (primary N) is 1. The quantitative estimate of drug-likeness (QED) is 0.666. The maximum Gasteiger partial charge on any atom is 0.270 e. The first-order valence-electron chi connectivity index (χ1n) is 6.05. The predicted molar refractivity (Wildman–Crippen MR) is 63.4 cm³/mol. The fourth-order valence-corrected chi connectivity index (χ4v) is 2.26. The molecule has 0 saturated carbocycles. The number of hydrazone groups is 1. The molecule has 1 atom stereocenters. The van der Waals surface area contributed by atoms with Crippen LogP contribution in [0.15, 0.2) is 5.10 Å². The van der Waals surface area contributed by atoms with E-state index in [1.165, 1.54) is 4.90 Å². The fraction of sp³-hybridized carbons (Fsp3) is 0.636. The van der Waals surface area contributed by atoms with Crippen molar-refractivity contribution in [2.75, 3.05) is 6.54 Å². The average Bonchev–Trinajstić information content (AvgIpc) is 2.39. The molecule has 2 heterocycles. The lowest BCUT2D eigenvalue weighted by Gasteiger charge is -2.34. The molecule has 18 heavy (non-hydrogen) atoms. The smallest absolute Gasteiger partial charge is 0.270 e. The summed E-state index contributed by atoms with van der Waals surface area (Å²) < 4.78 is 0. The van der Waals surface area contributed by atoms with E-state index in [1.54, 1.807) is 0 Å². The van der Waals surface area contributed by atoms with Gasteiger partial charge in [-0.3, -0.25) is 14.4 Å². The number of piperidine rings is 1. The third kappa shape index (κ3) is 2.49. The van der Waals surface area contributed by atoms with Crippen molar-refractivity contribution in [3.63, 3.8) is 0 Å². The van der Waals surface area contributed by atoms with Gasteiger partial charge >= 0.3 is 0 Å². The molecule has 2 aliphatic heterocycles. The zero-order valence-corrected chi connectivity index (χ0v) is 10.0. The van der Waals surface area contributed by atoms with Crippen molar-refractivity contribution in [3.05, 3.63) is 0 Å². The van der Waals surface area contributed by atoms with Crippen LogP contribution in [0.1, 0.15) is 32.1 Å². The summed E-state index contributed by atoms with van der Waals surface area (Å²) in [5.41, 5.74) is 7.88. The van der Waals surface area contributed by atoms with E-state index < -0.39 is 11.9 Å². The van der Waals surface area contributed by atoms with Crippen molar-refractivity contribution in [3.8, 4) is 0 Å². The number of likely N-dealkylation sites (tertiary alicyclic amines) is 1. The Labute approximate surface area is 104 Å². The van der Waals surface area contributed by atoms with Gasteiger partial charge < -0.3 is 10.6 Å². The Balaban J connectivity index is 2.11. The number of amides is 3. The first-order chi connectivity index (χ1) is 8.59. The molecule has 1 unspecified atom stereocenters. The highest BCUT2D eigenvalue weighted by Crippen LogP contribution is 2.18. The number of carbonyl (C=O) groups is 3. The zero-order valence-electron chi connectivity index (χ0n) is 10.0. The lowest BCUT2D eigenvalue weighted by atomic mass is 10.00. The Bertz CT molecular complexity index is 419. The van der Waals surface area contributed by atoms with Crippen LogP contribution in [0, 0.1) is 0 Å². The molecule has 0 spiro atoms. The Morgan fingerprint density at radius 3 is 2.72 bits per heavy atom. The summed E-state index contributed by atoms with van der Waals surface area (Å²) in [7, 11) is 0. The highest BCUT2D eigenvalue weighted by atomic mass is 16.2. The molecular formula is C11H16N4O3. The molecule has 3 N–H and O–H groups in total. The van der Waals surface area contributed by atoms with Crippen LogP contribution in [0.5, 0.6) is 0 Å². The van der Waals surface area contributed by atoms with E-state index in [9.17, 15) is 14.4 Å². The Kier molecular flexibility index (Phi) is 3.59. The Morgan fingerprint density at radius 2 is 2.11 bits per heavy atom. The maximum atomic E-state index is 12.2. The van der Waals surface area contributed by atoms with Gasteiger partial charge in [0.1, 0.15) is 11.8 Å². The van der Waals surface area contributed by atoms with Gasteiger partial charge in [-0.2, -0.15) is 5.10 Å². The summed E-state index contributed by atoms with van der Waals surface area (Å²) in [5.74, 6) is -0.973. The van der Waals surface area contributed by atoms with Crippen LogP contribution in [0.3, 0.4) is 0 Å². The van der Waals surface area contributed by atoms with Gasteiger partial charge in [-0.15, -0.1) is 0 Å². The SMILES string of the molecule is NC(=O)C1CCCCN1C(=O)C1=NNC(=O)CC1. The van der Waals surface area contributed by atoms with Crippen LogP contribution in [0.4, 0.5) is 0 Å². The second-order valence-electron chi connectivity index (χ2n) is 4.51. The van der Waals surface area contributed by atoms with E-state index in [4.69, 9.17) is 5.73 Å². The molecule has 0 aromatic carbocycles. The number of hydrogen-bond acceptors (Lipinski definition) is 4. The zero-order chi connectivity index (χ0) is 13.1. The Hall–Kier alpha value is -1.92. The van der Waals surface area contributed by atoms with Gasteiger partial charge in [-0.25, -0.2) is 5.43 Å². The monoisotopic (exact) mass is 252 g/mol. The van der Waals surface area contributed by atoms with E-state index in [0.717, 1.165) is 12.8 Å². The summed E-state index contributed by atoms with van der Waals surface area (Å²) in [6.45, 7) is 0.513. The van der Waals surface area contributed by atoms with E-state index in [0.29, 0.717) is 25.1 Å². The normalized spacial score (nSPS) is 24.2. The van der Waals surface area contributed by atoms with Crippen molar-refractivity contribution in [1.29, 1.82) is 0 Å². The number of nitrogens with zero attached hydrogens (tertiary/aromatic N) is 2. The minimum atomic E-state index is -0.549. The fourth-order valence-electron chi connectivity index (χ4n) is 2.26. The molecule has 0 aliphatic carbocycles. The molecule has 0 aromatic heterocycles. The van der Waals surface area contributed by atoms with Crippen molar-refractivity contribution < 1.29 is 14.4 Å². The standard InChI is InChI=1S/C11H16N4O3/c12-10(17)8-3-1-2-6-15(8)11(18)7-4-5-9(16)14-13-7/h8H,1-6H2,(H2,12,17)(H,14,16). The summed E-state index contributed by atoms with van der Waals surface area (Å²) in [5, 5.41) is 3.75.